The Morgan fingerprint density at radius 1 is 1.33 bits per heavy atom. The molecule has 0 spiro atoms. The van der Waals surface area contributed by atoms with E-state index < -0.39 is 0 Å². The molecule has 6 heteroatoms. The van der Waals surface area contributed by atoms with Crippen molar-refractivity contribution in [2.45, 2.75) is 26.7 Å². The zero-order valence-corrected chi connectivity index (χ0v) is 15.0. The van der Waals surface area contributed by atoms with Crippen LogP contribution in [0.5, 0.6) is 5.75 Å². The van der Waals surface area contributed by atoms with Crippen LogP contribution in [0.2, 0.25) is 0 Å². The first-order valence-electron chi connectivity index (χ1n) is 8.09. The number of aryl methyl sites for hydroxylation is 2. The first-order chi connectivity index (χ1) is 11.4. The standard InChI is InChI=1S/C18H26N4O2/c1-12(2)15(17-8-9-20-22(17)4)11-19-18(23)21-16-7-6-14(24-5)10-13(16)3/h6-10,12,15H,11H2,1-5H3,(H2,19,21,23)/t15-/m1/s1. The molecule has 2 rings (SSSR count). The van der Waals surface area contributed by atoms with E-state index in [1.54, 1.807) is 13.3 Å². The lowest BCUT2D eigenvalue weighted by Gasteiger charge is -2.22. The highest BCUT2D eigenvalue weighted by atomic mass is 16.5. The van der Waals surface area contributed by atoms with Gasteiger partial charge in [0.05, 0.1) is 7.11 Å². The lowest BCUT2D eigenvalue weighted by Crippen LogP contribution is -2.34. The minimum absolute atomic E-state index is 0.209. The SMILES string of the molecule is COc1ccc(NC(=O)NC[C@@H](c2ccnn2C)C(C)C)c(C)c1. The van der Waals surface area contributed by atoms with Crippen molar-refractivity contribution in [2.75, 3.05) is 19.0 Å². The highest BCUT2D eigenvalue weighted by Crippen LogP contribution is 2.23. The molecule has 0 bridgehead atoms. The summed E-state index contributed by atoms with van der Waals surface area (Å²) in [4.78, 5) is 12.2. The summed E-state index contributed by atoms with van der Waals surface area (Å²) in [7, 11) is 3.55. The number of nitrogens with zero attached hydrogens (tertiary/aromatic N) is 2. The summed E-state index contributed by atoms with van der Waals surface area (Å²) in [6.07, 6.45) is 1.78. The molecular weight excluding hydrogens is 304 g/mol. The third kappa shape index (κ3) is 4.28. The quantitative estimate of drug-likeness (QED) is 0.854. The Labute approximate surface area is 143 Å². The number of methoxy groups -OCH3 is 1. The second kappa shape index (κ2) is 7.86. The van der Waals surface area contributed by atoms with E-state index in [1.807, 2.05) is 42.9 Å². The van der Waals surface area contributed by atoms with Gasteiger partial charge < -0.3 is 15.4 Å². The van der Waals surface area contributed by atoms with Gasteiger partial charge in [-0.2, -0.15) is 5.10 Å². The summed E-state index contributed by atoms with van der Waals surface area (Å²) in [5, 5.41) is 10.1. The highest BCUT2D eigenvalue weighted by Gasteiger charge is 2.19. The molecule has 1 aromatic carbocycles. The molecule has 2 N–H and O–H groups in total. The Hall–Kier alpha value is -2.50. The van der Waals surface area contributed by atoms with Crippen LogP contribution in [0.4, 0.5) is 10.5 Å². The Morgan fingerprint density at radius 3 is 2.62 bits per heavy atom. The van der Waals surface area contributed by atoms with Crippen LogP contribution in [0.25, 0.3) is 0 Å². The van der Waals surface area contributed by atoms with Gasteiger partial charge in [0.2, 0.25) is 0 Å². The third-order valence-electron chi connectivity index (χ3n) is 4.21. The molecule has 24 heavy (non-hydrogen) atoms. The van der Waals surface area contributed by atoms with Crippen LogP contribution in [-0.2, 0) is 7.05 Å². The number of hydrogen-bond acceptors (Lipinski definition) is 3. The monoisotopic (exact) mass is 330 g/mol. The van der Waals surface area contributed by atoms with E-state index in [0.29, 0.717) is 12.5 Å². The summed E-state index contributed by atoms with van der Waals surface area (Å²) in [5.74, 6) is 1.37. The van der Waals surface area contributed by atoms with Crippen LogP contribution in [0.1, 0.15) is 31.0 Å². The number of aromatic nitrogens is 2. The van der Waals surface area contributed by atoms with Gasteiger partial charge in [0.15, 0.2) is 0 Å². The van der Waals surface area contributed by atoms with E-state index in [2.05, 4.69) is 29.6 Å². The van der Waals surface area contributed by atoms with E-state index in [1.165, 1.54) is 0 Å². The predicted molar refractivity (Wildman–Crippen MR) is 95.5 cm³/mol. The van der Waals surface area contributed by atoms with Crippen LogP contribution >= 0.6 is 0 Å². The molecule has 1 atom stereocenters. The number of ether oxygens (including phenoxy) is 1. The van der Waals surface area contributed by atoms with Gasteiger partial charge in [-0.3, -0.25) is 4.68 Å². The van der Waals surface area contributed by atoms with E-state index in [4.69, 9.17) is 4.74 Å². The fraction of sp³-hybridized carbons (Fsp3) is 0.444. The highest BCUT2D eigenvalue weighted by molar-refractivity contribution is 5.90. The molecular formula is C18H26N4O2. The molecule has 0 aliphatic rings. The lowest BCUT2D eigenvalue weighted by atomic mass is 9.92. The van der Waals surface area contributed by atoms with Crippen LogP contribution in [0.3, 0.4) is 0 Å². The topological polar surface area (TPSA) is 68.2 Å². The van der Waals surface area contributed by atoms with Gasteiger partial charge in [-0.1, -0.05) is 13.8 Å². The molecule has 0 aliphatic heterocycles. The maximum absolute atomic E-state index is 12.2. The van der Waals surface area contributed by atoms with Crippen molar-refractivity contribution < 1.29 is 9.53 Å². The van der Waals surface area contributed by atoms with Gasteiger partial charge in [-0.25, -0.2) is 4.79 Å². The molecule has 2 amide bonds. The first-order valence-corrected chi connectivity index (χ1v) is 8.09. The summed E-state index contributed by atoms with van der Waals surface area (Å²) < 4.78 is 7.04. The second-order valence-electron chi connectivity index (χ2n) is 6.25. The van der Waals surface area contributed by atoms with Crippen LogP contribution in [0.15, 0.2) is 30.5 Å². The smallest absolute Gasteiger partial charge is 0.319 e. The van der Waals surface area contributed by atoms with E-state index in [0.717, 1.165) is 22.7 Å². The average molecular weight is 330 g/mol. The minimum atomic E-state index is -0.212. The molecule has 0 fully saturated rings. The van der Waals surface area contributed by atoms with Crippen LogP contribution in [-0.4, -0.2) is 29.5 Å². The number of nitrogens with one attached hydrogen (secondary N) is 2. The Balaban J connectivity index is 1.98. The van der Waals surface area contributed by atoms with Gasteiger partial charge in [-0.05, 0) is 42.7 Å². The summed E-state index contributed by atoms with van der Waals surface area (Å²) in [6.45, 7) is 6.78. The van der Waals surface area contributed by atoms with Crippen molar-refractivity contribution >= 4 is 11.7 Å². The first kappa shape index (κ1) is 17.8. The number of urea groups is 1. The van der Waals surface area contributed by atoms with Crippen molar-refractivity contribution in [3.8, 4) is 5.75 Å². The average Bonchev–Trinajstić information content (AvgIpc) is 2.95. The molecule has 0 saturated heterocycles. The number of rotatable bonds is 6. The number of carbonyl (C=O) groups excluding carboxylic acids is 1. The zero-order valence-electron chi connectivity index (χ0n) is 15.0. The fourth-order valence-corrected chi connectivity index (χ4v) is 2.70. The zero-order chi connectivity index (χ0) is 17.7. The molecule has 130 valence electrons. The lowest BCUT2D eigenvalue weighted by molar-refractivity contribution is 0.250. The molecule has 0 unspecified atom stereocenters. The number of benzene rings is 1. The van der Waals surface area contributed by atoms with E-state index in [-0.39, 0.29) is 11.9 Å². The van der Waals surface area contributed by atoms with Crippen LogP contribution in [0, 0.1) is 12.8 Å². The van der Waals surface area contributed by atoms with Gasteiger partial charge >= 0.3 is 6.03 Å². The Morgan fingerprint density at radius 2 is 2.08 bits per heavy atom. The van der Waals surface area contributed by atoms with Crippen molar-refractivity contribution in [1.82, 2.24) is 15.1 Å². The number of carbonyl (C=O) groups is 1. The predicted octanol–water partition coefficient (Wildman–Crippen LogP) is 3.30. The van der Waals surface area contributed by atoms with Gasteiger partial charge in [0.25, 0.3) is 0 Å². The number of hydrogen-bond donors (Lipinski definition) is 2. The normalized spacial score (nSPS) is 12.1. The molecule has 2 aromatic rings. The molecule has 1 aromatic heterocycles. The van der Waals surface area contributed by atoms with Crippen molar-refractivity contribution in [3.05, 3.63) is 41.7 Å². The summed E-state index contributed by atoms with van der Waals surface area (Å²) >= 11 is 0. The summed E-state index contributed by atoms with van der Waals surface area (Å²) in [6, 6.07) is 7.35. The third-order valence-corrected chi connectivity index (χ3v) is 4.21. The van der Waals surface area contributed by atoms with Gasteiger partial charge in [0.1, 0.15) is 5.75 Å². The maximum atomic E-state index is 12.2. The van der Waals surface area contributed by atoms with E-state index >= 15 is 0 Å². The molecule has 6 nitrogen and oxygen atoms in total. The van der Waals surface area contributed by atoms with Crippen molar-refractivity contribution in [2.24, 2.45) is 13.0 Å². The van der Waals surface area contributed by atoms with Crippen LogP contribution < -0.4 is 15.4 Å². The fourth-order valence-electron chi connectivity index (χ4n) is 2.70. The largest absolute Gasteiger partial charge is 0.497 e. The molecule has 0 aliphatic carbocycles. The van der Waals surface area contributed by atoms with Gasteiger partial charge in [-0.15, -0.1) is 0 Å². The van der Waals surface area contributed by atoms with E-state index in [9.17, 15) is 4.79 Å². The number of anilines is 1. The van der Waals surface area contributed by atoms with Crippen molar-refractivity contribution in [3.63, 3.8) is 0 Å². The van der Waals surface area contributed by atoms with Gasteiger partial charge in [0, 0.05) is 37.1 Å². The minimum Gasteiger partial charge on any atom is -0.497 e. The van der Waals surface area contributed by atoms with Crippen molar-refractivity contribution in [1.29, 1.82) is 0 Å². The Bertz CT molecular complexity index is 694. The number of amides is 2. The summed E-state index contributed by atoms with van der Waals surface area (Å²) in [5.41, 5.74) is 2.84. The molecule has 1 heterocycles. The molecule has 0 saturated carbocycles. The Kier molecular flexibility index (Phi) is 5.84. The maximum Gasteiger partial charge on any atom is 0.319 e. The molecule has 0 radical (unpaired) electrons. The second-order valence-corrected chi connectivity index (χ2v) is 6.25.